The summed E-state index contributed by atoms with van der Waals surface area (Å²) in [4.78, 5) is 24.4. The number of anilines is 1. The molecule has 1 aromatic heterocycles. The summed E-state index contributed by atoms with van der Waals surface area (Å²) in [5.74, 6) is -5.93. The van der Waals surface area contributed by atoms with Crippen LogP contribution in [0.3, 0.4) is 0 Å². The van der Waals surface area contributed by atoms with Crippen molar-refractivity contribution in [3.8, 4) is 11.4 Å². The average molecular weight is 438 g/mol. The fraction of sp³-hybridized carbons (Fsp3) is 0.100. The van der Waals surface area contributed by atoms with Gasteiger partial charge in [-0.25, -0.2) is 13.2 Å². The van der Waals surface area contributed by atoms with Gasteiger partial charge in [-0.2, -0.15) is 0 Å². The van der Waals surface area contributed by atoms with E-state index in [-0.39, 0.29) is 16.3 Å². The van der Waals surface area contributed by atoms with Crippen LogP contribution in [0, 0.1) is 17.5 Å². The smallest absolute Gasteiger partial charge is 0.255 e. The fourth-order valence-electron chi connectivity index (χ4n) is 2.65. The first kappa shape index (κ1) is 21.3. The number of carbonyl (C=O) groups is 2. The number of nitrogens with one attached hydrogen (secondary N) is 2. The van der Waals surface area contributed by atoms with Crippen molar-refractivity contribution >= 4 is 29.1 Å². The molecule has 2 N–H and O–H groups in total. The van der Waals surface area contributed by atoms with Crippen LogP contribution in [-0.2, 0) is 4.79 Å². The van der Waals surface area contributed by atoms with Crippen molar-refractivity contribution in [1.82, 2.24) is 9.88 Å². The zero-order valence-corrected chi connectivity index (χ0v) is 16.3. The van der Waals surface area contributed by atoms with E-state index in [0.29, 0.717) is 11.8 Å². The third-order valence-electron chi connectivity index (χ3n) is 4.11. The largest absolute Gasteiger partial charge is 0.496 e. The Morgan fingerprint density at radius 2 is 1.80 bits per heavy atom. The molecule has 0 atom stereocenters. The summed E-state index contributed by atoms with van der Waals surface area (Å²) in [6.45, 7) is -0.558. The van der Waals surface area contributed by atoms with Crippen LogP contribution in [0.2, 0.25) is 5.02 Å². The molecule has 3 rings (SSSR count). The molecule has 30 heavy (non-hydrogen) atoms. The molecule has 0 aliphatic carbocycles. The van der Waals surface area contributed by atoms with Crippen LogP contribution in [0.5, 0.6) is 5.75 Å². The fourth-order valence-corrected chi connectivity index (χ4v) is 2.92. The molecule has 0 radical (unpaired) electrons. The summed E-state index contributed by atoms with van der Waals surface area (Å²) >= 11 is 6.27. The topological polar surface area (TPSA) is 72.4 Å². The highest BCUT2D eigenvalue weighted by atomic mass is 35.5. The molecule has 2 amide bonds. The van der Waals surface area contributed by atoms with Gasteiger partial charge < -0.3 is 19.9 Å². The molecule has 0 fully saturated rings. The van der Waals surface area contributed by atoms with Crippen molar-refractivity contribution < 1.29 is 27.5 Å². The van der Waals surface area contributed by atoms with E-state index in [1.54, 1.807) is 35.2 Å². The van der Waals surface area contributed by atoms with Crippen LogP contribution >= 0.6 is 11.6 Å². The zero-order chi connectivity index (χ0) is 21.8. The summed E-state index contributed by atoms with van der Waals surface area (Å²) in [6, 6.07) is 8.10. The van der Waals surface area contributed by atoms with Gasteiger partial charge >= 0.3 is 0 Å². The molecular formula is C20H15ClF3N3O3. The van der Waals surface area contributed by atoms with Crippen LogP contribution in [0.4, 0.5) is 18.9 Å². The molecule has 0 aliphatic heterocycles. The summed E-state index contributed by atoms with van der Waals surface area (Å²) in [5, 5.41) is 4.66. The lowest BCUT2D eigenvalue weighted by Gasteiger charge is -2.14. The number of hydrogen-bond donors (Lipinski definition) is 2. The van der Waals surface area contributed by atoms with E-state index in [2.05, 4.69) is 10.6 Å². The molecule has 0 aliphatic rings. The van der Waals surface area contributed by atoms with E-state index in [4.69, 9.17) is 16.3 Å². The number of halogens is 4. The Morgan fingerprint density at radius 3 is 2.47 bits per heavy atom. The van der Waals surface area contributed by atoms with E-state index in [9.17, 15) is 22.8 Å². The van der Waals surface area contributed by atoms with Gasteiger partial charge in [-0.1, -0.05) is 11.6 Å². The maximum atomic E-state index is 13.6. The van der Waals surface area contributed by atoms with Gasteiger partial charge in [0.25, 0.3) is 5.91 Å². The van der Waals surface area contributed by atoms with Gasteiger partial charge in [0, 0.05) is 18.5 Å². The lowest BCUT2D eigenvalue weighted by molar-refractivity contribution is -0.115. The molecule has 2 aromatic carbocycles. The Balaban J connectivity index is 1.71. The molecular weight excluding hydrogens is 423 g/mol. The van der Waals surface area contributed by atoms with Crippen molar-refractivity contribution in [1.29, 1.82) is 0 Å². The second kappa shape index (κ2) is 8.91. The number of amides is 2. The van der Waals surface area contributed by atoms with Gasteiger partial charge in [-0.15, -0.1) is 0 Å². The minimum Gasteiger partial charge on any atom is -0.496 e. The molecule has 10 heteroatoms. The van der Waals surface area contributed by atoms with Crippen LogP contribution in [-0.4, -0.2) is 30.0 Å². The van der Waals surface area contributed by atoms with Gasteiger partial charge in [0.2, 0.25) is 5.91 Å². The predicted octanol–water partition coefficient (Wildman–Crippen LogP) is 3.93. The molecule has 1 heterocycles. The van der Waals surface area contributed by atoms with Crippen LogP contribution in [0.15, 0.2) is 48.8 Å². The van der Waals surface area contributed by atoms with E-state index in [0.717, 1.165) is 6.07 Å². The summed E-state index contributed by atoms with van der Waals surface area (Å²) in [5.41, 5.74) is 0.108. The SMILES string of the molecule is COc1cc(-n2cccc2)c(Cl)cc1C(=O)NCC(=O)Nc1ccc(F)c(F)c1F. The molecule has 0 unspecified atom stereocenters. The zero-order valence-electron chi connectivity index (χ0n) is 15.5. The number of hydrogen-bond acceptors (Lipinski definition) is 3. The third kappa shape index (κ3) is 4.41. The molecule has 0 bridgehead atoms. The Morgan fingerprint density at radius 1 is 1.10 bits per heavy atom. The highest BCUT2D eigenvalue weighted by Gasteiger charge is 2.19. The molecule has 0 saturated carbocycles. The maximum absolute atomic E-state index is 13.6. The molecule has 156 valence electrons. The summed E-state index contributed by atoms with van der Waals surface area (Å²) < 4.78 is 46.8. The highest BCUT2D eigenvalue weighted by molar-refractivity contribution is 6.33. The first-order valence-electron chi connectivity index (χ1n) is 8.54. The van der Waals surface area contributed by atoms with E-state index in [1.165, 1.54) is 13.2 Å². The first-order chi connectivity index (χ1) is 14.3. The van der Waals surface area contributed by atoms with Crippen molar-refractivity contribution in [3.05, 3.63) is 76.8 Å². The standard InChI is InChI=1S/C20H15ClF3N3O3/c1-30-16-9-15(27-6-2-3-7-27)12(21)8-11(16)20(29)25-10-17(28)26-14-5-4-13(22)18(23)19(14)24/h2-9H,10H2,1H3,(H,25,29)(H,26,28). The minimum atomic E-state index is -1.71. The maximum Gasteiger partial charge on any atom is 0.255 e. The monoisotopic (exact) mass is 437 g/mol. The molecule has 3 aromatic rings. The normalized spacial score (nSPS) is 10.6. The number of aromatic nitrogens is 1. The van der Waals surface area contributed by atoms with Gasteiger partial charge in [0.05, 0.1) is 35.6 Å². The van der Waals surface area contributed by atoms with Gasteiger partial charge in [-0.05, 0) is 30.3 Å². The lowest BCUT2D eigenvalue weighted by Crippen LogP contribution is -2.33. The summed E-state index contributed by atoms with van der Waals surface area (Å²) in [6.07, 6.45) is 3.53. The average Bonchev–Trinajstić information content (AvgIpc) is 3.26. The van der Waals surface area contributed by atoms with Gasteiger partial charge in [0.15, 0.2) is 17.5 Å². The van der Waals surface area contributed by atoms with Crippen molar-refractivity contribution in [3.63, 3.8) is 0 Å². The third-order valence-corrected chi connectivity index (χ3v) is 4.42. The second-order valence-corrected chi connectivity index (χ2v) is 6.46. The molecule has 6 nitrogen and oxygen atoms in total. The van der Waals surface area contributed by atoms with E-state index >= 15 is 0 Å². The highest BCUT2D eigenvalue weighted by Crippen LogP contribution is 2.30. The molecule has 0 saturated heterocycles. The van der Waals surface area contributed by atoms with Crippen molar-refractivity contribution in [2.24, 2.45) is 0 Å². The lowest BCUT2D eigenvalue weighted by atomic mass is 10.1. The predicted molar refractivity (Wildman–Crippen MR) is 105 cm³/mol. The second-order valence-electron chi connectivity index (χ2n) is 6.05. The Hall–Kier alpha value is -3.46. The van der Waals surface area contributed by atoms with Crippen molar-refractivity contribution in [2.45, 2.75) is 0 Å². The number of benzene rings is 2. The van der Waals surface area contributed by atoms with E-state index < -0.39 is 41.5 Å². The van der Waals surface area contributed by atoms with Crippen LogP contribution in [0.25, 0.3) is 5.69 Å². The number of ether oxygens (including phenoxy) is 1. The number of rotatable bonds is 6. The Kier molecular flexibility index (Phi) is 6.31. The summed E-state index contributed by atoms with van der Waals surface area (Å²) in [7, 11) is 1.37. The Labute approximate surface area is 174 Å². The van der Waals surface area contributed by atoms with Crippen LogP contribution < -0.4 is 15.4 Å². The van der Waals surface area contributed by atoms with Gasteiger partial charge in [-0.3, -0.25) is 9.59 Å². The Bertz CT molecular complexity index is 1100. The first-order valence-corrected chi connectivity index (χ1v) is 8.92. The van der Waals surface area contributed by atoms with E-state index in [1.807, 2.05) is 0 Å². The molecule has 0 spiro atoms. The number of nitrogens with zero attached hydrogens (tertiary/aromatic N) is 1. The number of methoxy groups -OCH3 is 1. The van der Waals surface area contributed by atoms with Gasteiger partial charge in [0.1, 0.15) is 5.75 Å². The van der Waals surface area contributed by atoms with Crippen LogP contribution in [0.1, 0.15) is 10.4 Å². The van der Waals surface area contributed by atoms with Crippen molar-refractivity contribution in [2.75, 3.05) is 19.0 Å². The quantitative estimate of drug-likeness (QED) is 0.574. The minimum absolute atomic E-state index is 0.0743. The number of carbonyl (C=O) groups excluding carboxylic acids is 2.